The lowest BCUT2D eigenvalue weighted by molar-refractivity contribution is -0.384. The van der Waals surface area contributed by atoms with Crippen molar-refractivity contribution >= 4 is 27.3 Å². The monoisotopic (exact) mass is 348 g/mol. The summed E-state index contributed by atoms with van der Waals surface area (Å²) in [5, 5.41) is 14.5. The van der Waals surface area contributed by atoms with Crippen molar-refractivity contribution in [2.75, 3.05) is 5.32 Å². The SMILES string of the molecule is CC(C)C(Nc1cc(Br)ccc1[N+](=O)[O-])c1ccccc1. The van der Waals surface area contributed by atoms with E-state index in [1.165, 1.54) is 6.07 Å². The molecule has 2 aromatic rings. The van der Waals surface area contributed by atoms with Gasteiger partial charge in [0.2, 0.25) is 0 Å². The lowest BCUT2D eigenvalue weighted by atomic mass is 9.95. The van der Waals surface area contributed by atoms with Crippen LogP contribution in [0, 0.1) is 16.0 Å². The third-order valence-electron chi connectivity index (χ3n) is 3.29. The Hall–Kier alpha value is -1.88. The van der Waals surface area contributed by atoms with Crippen LogP contribution in [0.3, 0.4) is 0 Å². The topological polar surface area (TPSA) is 55.2 Å². The first-order valence-corrected chi connectivity index (χ1v) is 7.53. The van der Waals surface area contributed by atoms with Crippen LogP contribution in [0.4, 0.5) is 11.4 Å². The van der Waals surface area contributed by atoms with Crippen molar-refractivity contribution in [1.82, 2.24) is 0 Å². The van der Waals surface area contributed by atoms with E-state index >= 15 is 0 Å². The smallest absolute Gasteiger partial charge is 0.292 e. The minimum atomic E-state index is -0.364. The second-order valence-electron chi connectivity index (χ2n) is 5.20. The van der Waals surface area contributed by atoms with Gasteiger partial charge in [0.05, 0.1) is 11.0 Å². The molecule has 2 rings (SSSR count). The summed E-state index contributed by atoms with van der Waals surface area (Å²) in [5.41, 5.74) is 1.72. The zero-order valence-electron chi connectivity index (χ0n) is 11.9. The summed E-state index contributed by atoms with van der Waals surface area (Å²) < 4.78 is 0.811. The molecule has 0 aliphatic rings. The maximum absolute atomic E-state index is 11.2. The number of anilines is 1. The normalized spacial score (nSPS) is 12.2. The molecule has 0 fully saturated rings. The third kappa shape index (κ3) is 3.82. The Morgan fingerprint density at radius 3 is 2.38 bits per heavy atom. The van der Waals surface area contributed by atoms with Gasteiger partial charge in [-0.25, -0.2) is 0 Å². The highest BCUT2D eigenvalue weighted by atomic mass is 79.9. The fraction of sp³-hybridized carbons (Fsp3) is 0.250. The molecule has 0 spiro atoms. The predicted octanol–water partition coefficient (Wildman–Crippen LogP) is 5.17. The van der Waals surface area contributed by atoms with Crippen LogP contribution in [0.25, 0.3) is 0 Å². The van der Waals surface area contributed by atoms with E-state index in [1.54, 1.807) is 12.1 Å². The van der Waals surface area contributed by atoms with E-state index in [4.69, 9.17) is 0 Å². The highest BCUT2D eigenvalue weighted by Crippen LogP contribution is 2.33. The van der Waals surface area contributed by atoms with Gasteiger partial charge in [-0.15, -0.1) is 0 Å². The fourth-order valence-electron chi connectivity index (χ4n) is 2.25. The fourth-order valence-corrected chi connectivity index (χ4v) is 2.61. The van der Waals surface area contributed by atoms with Crippen LogP contribution in [0.15, 0.2) is 53.0 Å². The number of nitro groups is 1. The molecule has 1 unspecified atom stereocenters. The van der Waals surface area contributed by atoms with Crippen molar-refractivity contribution in [2.24, 2.45) is 5.92 Å². The van der Waals surface area contributed by atoms with Gasteiger partial charge in [-0.2, -0.15) is 0 Å². The van der Waals surface area contributed by atoms with Crippen LogP contribution in [-0.4, -0.2) is 4.92 Å². The highest BCUT2D eigenvalue weighted by Gasteiger charge is 2.20. The Kier molecular flexibility index (Phi) is 4.96. The van der Waals surface area contributed by atoms with Gasteiger partial charge in [0.15, 0.2) is 0 Å². The minimum Gasteiger partial charge on any atom is -0.372 e. The molecular formula is C16H17BrN2O2. The van der Waals surface area contributed by atoms with E-state index in [-0.39, 0.29) is 16.7 Å². The number of nitrogens with one attached hydrogen (secondary N) is 1. The van der Waals surface area contributed by atoms with Crippen molar-refractivity contribution in [1.29, 1.82) is 0 Å². The Balaban J connectivity index is 2.38. The second-order valence-corrected chi connectivity index (χ2v) is 6.11. The molecule has 0 heterocycles. The average molecular weight is 349 g/mol. The molecular weight excluding hydrogens is 332 g/mol. The van der Waals surface area contributed by atoms with E-state index in [2.05, 4.69) is 35.1 Å². The van der Waals surface area contributed by atoms with E-state index in [0.29, 0.717) is 11.6 Å². The number of hydrogen-bond donors (Lipinski definition) is 1. The van der Waals surface area contributed by atoms with E-state index in [1.807, 2.05) is 30.3 Å². The molecule has 0 aromatic heterocycles. The van der Waals surface area contributed by atoms with Gasteiger partial charge in [-0.3, -0.25) is 10.1 Å². The van der Waals surface area contributed by atoms with E-state index < -0.39 is 0 Å². The molecule has 0 saturated heterocycles. The molecule has 21 heavy (non-hydrogen) atoms. The van der Waals surface area contributed by atoms with Crippen LogP contribution in [0.1, 0.15) is 25.5 Å². The predicted molar refractivity (Wildman–Crippen MR) is 88.4 cm³/mol. The highest BCUT2D eigenvalue weighted by molar-refractivity contribution is 9.10. The number of nitrogens with zero attached hydrogens (tertiary/aromatic N) is 1. The average Bonchev–Trinajstić information content (AvgIpc) is 2.45. The molecule has 4 nitrogen and oxygen atoms in total. The van der Waals surface area contributed by atoms with Gasteiger partial charge < -0.3 is 5.32 Å². The quantitative estimate of drug-likeness (QED) is 0.599. The van der Waals surface area contributed by atoms with Gasteiger partial charge in [0.1, 0.15) is 5.69 Å². The Labute approximate surface area is 132 Å². The molecule has 0 amide bonds. The van der Waals surface area contributed by atoms with Gasteiger partial charge >= 0.3 is 0 Å². The molecule has 1 atom stereocenters. The number of halogens is 1. The third-order valence-corrected chi connectivity index (χ3v) is 3.78. The summed E-state index contributed by atoms with van der Waals surface area (Å²) in [6.45, 7) is 4.18. The maximum Gasteiger partial charge on any atom is 0.292 e. The molecule has 2 aromatic carbocycles. The lowest BCUT2D eigenvalue weighted by Crippen LogP contribution is -2.17. The number of benzene rings is 2. The van der Waals surface area contributed by atoms with Gasteiger partial charge in [0, 0.05) is 10.5 Å². The van der Waals surface area contributed by atoms with Crippen molar-refractivity contribution in [2.45, 2.75) is 19.9 Å². The van der Waals surface area contributed by atoms with E-state index in [9.17, 15) is 10.1 Å². The summed E-state index contributed by atoms with van der Waals surface area (Å²) >= 11 is 3.37. The van der Waals surface area contributed by atoms with Crippen molar-refractivity contribution in [3.05, 3.63) is 68.7 Å². The Bertz CT molecular complexity index is 629. The second kappa shape index (κ2) is 6.72. The molecule has 0 radical (unpaired) electrons. The number of nitro benzene ring substituents is 1. The molecule has 1 N–H and O–H groups in total. The number of rotatable bonds is 5. The van der Waals surface area contributed by atoms with Gasteiger partial charge in [-0.05, 0) is 23.6 Å². The molecule has 5 heteroatoms. The maximum atomic E-state index is 11.2. The van der Waals surface area contributed by atoms with E-state index in [0.717, 1.165) is 10.0 Å². The van der Waals surface area contributed by atoms with Crippen molar-refractivity contribution in [3.8, 4) is 0 Å². The summed E-state index contributed by atoms with van der Waals surface area (Å²) in [6, 6.07) is 14.9. The molecule has 0 aliphatic heterocycles. The van der Waals surface area contributed by atoms with Gasteiger partial charge in [-0.1, -0.05) is 60.1 Å². The molecule has 0 saturated carbocycles. The Morgan fingerprint density at radius 2 is 1.81 bits per heavy atom. The summed E-state index contributed by atoms with van der Waals surface area (Å²) in [5.74, 6) is 0.297. The number of hydrogen-bond acceptors (Lipinski definition) is 3. The van der Waals surface area contributed by atoms with Crippen molar-refractivity contribution < 1.29 is 4.92 Å². The largest absolute Gasteiger partial charge is 0.372 e. The zero-order chi connectivity index (χ0) is 15.4. The van der Waals surface area contributed by atoms with Crippen LogP contribution in [-0.2, 0) is 0 Å². The molecule has 110 valence electrons. The summed E-state index contributed by atoms with van der Waals surface area (Å²) in [4.78, 5) is 10.8. The first-order valence-electron chi connectivity index (χ1n) is 6.74. The molecule has 0 aliphatic carbocycles. The standard InChI is InChI=1S/C16H17BrN2O2/c1-11(2)16(12-6-4-3-5-7-12)18-14-10-13(17)8-9-15(14)19(20)21/h3-11,16,18H,1-2H3. The summed E-state index contributed by atoms with van der Waals surface area (Å²) in [6.07, 6.45) is 0. The van der Waals surface area contributed by atoms with Crippen molar-refractivity contribution in [3.63, 3.8) is 0 Å². The first-order chi connectivity index (χ1) is 9.99. The van der Waals surface area contributed by atoms with Crippen LogP contribution in [0.5, 0.6) is 0 Å². The van der Waals surface area contributed by atoms with Gasteiger partial charge in [0.25, 0.3) is 5.69 Å². The minimum absolute atomic E-state index is 0.0131. The van der Waals surface area contributed by atoms with Crippen LogP contribution < -0.4 is 5.32 Å². The molecule has 0 bridgehead atoms. The first kappa shape index (κ1) is 15.5. The van der Waals surface area contributed by atoms with Crippen LogP contribution in [0.2, 0.25) is 0 Å². The van der Waals surface area contributed by atoms with Crippen LogP contribution >= 0.6 is 15.9 Å². The lowest BCUT2D eigenvalue weighted by Gasteiger charge is -2.24. The zero-order valence-corrected chi connectivity index (χ0v) is 13.5. The summed E-state index contributed by atoms with van der Waals surface area (Å²) in [7, 11) is 0. The Morgan fingerprint density at radius 1 is 1.14 bits per heavy atom.